The lowest BCUT2D eigenvalue weighted by molar-refractivity contribution is -0.119. The second-order valence-corrected chi connectivity index (χ2v) is 6.92. The molecule has 0 aliphatic rings. The molecule has 0 aliphatic carbocycles. The predicted octanol–water partition coefficient (Wildman–Crippen LogP) is 3.35. The van der Waals surface area contributed by atoms with Gasteiger partial charge in [0.05, 0.1) is 15.7 Å². The zero-order valence-corrected chi connectivity index (χ0v) is 14.3. The topological polar surface area (TPSA) is 88.2 Å². The van der Waals surface area contributed by atoms with Crippen LogP contribution in [0.15, 0.2) is 41.4 Å². The van der Waals surface area contributed by atoms with Crippen molar-refractivity contribution < 1.29 is 13.2 Å². The number of pyridine rings is 1. The first-order valence-electron chi connectivity index (χ1n) is 6.57. The van der Waals surface area contributed by atoms with Gasteiger partial charge in [0.15, 0.2) is 5.82 Å². The van der Waals surface area contributed by atoms with Crippen LogP contribution in [0.2, 0.25) is 10.0 Å². The lowest BCUT2D eigenvalue weighted by Gasteiger charge is -2.13. The second-order valence-electron chi connectivity index (χ2n) is 4.45. The second kappa shape index (κ2) is 7.16. The highest BCUT2D eigenvalue weighted by atomic mass is 35.5. The fraction of sp³-hybridized carbons (Fsp3) is 0.143. The fourth-order valence-corrected chi connectivity index (χ4v) is 3.38. The van der Waals surface area contributed by atoms with Gasteiger partial charge < -0.3 is 5.32 Å². The maximum Gasteiger partial charge on any atom is 0.267 e. The molecule has 0 saturated carbocycles. The monoisotopic (exact) mass is 373 g/mol. The smallest absolute Gasteiger partial charge is 0.267 e. The van der Waals surface area contributed by atoms with Crippen molar-refractivity contribution >= 4 is 50.6 Å². The van der Waals surface area contributed by atoms with E-state index in [2.05, 4.69) is 10.3 Å². The lowest BCUT2D eigenvalue weighted by atomic mass is 10.3. The summed E-state index contributed by atoms with van der Waals surface area (Å²) in [5, 5.41) is 3.42. The van der Waals surface area contributed by atoms with Gasteiger partial charge in [-0.15, -0.1) is 0 Å². The number of nitrogens with zero attached hydrogens (tertiary/aromatic N) is 1. The Labute approximate surface area is 143 Å². The summed E-state index contributed by atoms with van der Waals surface area (Å²) in [6.45, 7) is 1.55. The molecule has 0 radical (unpaired) electrons. The van der Waals surface area contributed by atoms with Crippen molar-refractivity contribution in [1.29, 1.82) is 0 Å². The molecule has 9 heteroatoms. The van der Waals surface area contributed by atoms with E-state index in [9.17, 15) is 13.2 Å². The van der Waals surface area contributed by atoms with Gasteiger partial charge in [0.1, 0.15) is 4.90 Å². The lowest BCUT2D eigenvalue weighted by Crippen LogP contribution is -2.30. The van der Waals surface area contributed by atoms with Gasteiger partial charge in [-0.05, 0) is 24.3 Å². The van der Waals surface area contributed by atoms with Crippen LogP contribution in [0, 0.1) is 0 Å². The van der Waals surface area contributed by atoms with Gasteiger partial charge in [-0.2, -0.15) is 0 Å². The van der Waals surface area contributed by atoms with Crippen molar-refractivity contribution in [2.45, 2.75) is 18.2 Å². The number of aromatic nitrogens is 1. The third-order valence-corrected chi connectivity index (χ3v) is 4.87. The maximum absolute atomic E-state index is 12.3. The number of benzene rings is 1. The molecule has 2 N–H and O–H groups in total. The van der Waals surface area contributed by atoms with Crippen LogP contribution in [0.4, 0.5) is 11.5 Å². The van der Waals surface area contributed by atoms with E-state index in [4.69, 9.17) is 23.2 Å². The molecule has 0 saturated heterocycles. The van der Waals surface area contributed by atoms with E-state index >= 15 is 0 Å². The van der Waals surface area contributed by atoms with E-state index in [0.717, 1.165) is 0 Å². The summed E-state index contributed by atoms with van der Waals surface area (Å²) in [5.74, 6) is -0.602. The molecule has 2 rings (SSSR count). The van der Waals surface area contributed by atoms with Crippen LogP contribution < -0.4 is 10.0 Å². The Kier molecular flexibility index (Phi) is 5.46. The molecule has 2 aromatic rings. The summed E-state index contributed by atoms with van der Waals surface area (Å²) >= 11 is 12.1. The van der Waals surface area contributed by atoms with Crippen LogP contribution in [-0.2, 0) is 14.8 Å². The summed E-state index contributed by atoms with van der Waals surface area (Å²) in [6.07, 6.45) is 1.45. The van der Waals surface area contributed by atoms with E-state index in [0.29, 0.717) is 15.7 Å². The Bertz CT molecular complexity index is 821. The number of carbonyl (C=O) groups is 1. The third kappa shape index (κ3) is 4.13. The Hall–Kier alpha value is -1.83. The SMILES string of the molecule is CCC(=O)NS(=O)(=O)c1cccnc1Nc1c(Cl)cccc1Cl. The van der Waals surface area contributed by atoms with Crippen LogP contribution in [-0.4, -0.2) is 19.3 Å². The van der Waals surface area contributed by atoms with E-state index in [1.165, 1.54) is 18.3 Å². The van der Waals surface area contributed by atoms with Gasteiger partial charge in [0.25, 0.3) is 10.0 Å². The Morgan fingerprint density at radius 3 is 2.43 bits per heavy atom. The number of anilines is 2. The Morgan fingerprint density at radius 1 is 1.17 bits per heavy atom. The van der Waals surface area contributed by atoms with Gasteiger partial charge in [-0.25, -0.2) is 18.1 Å². The number of carbonyl (C=O) groups excluding carboxylic acids is 1. The van der Waals surface area contributed by atoms with Crippen LogP contribution in [0.1, 0.15) is 13.3 Å². The maximum atomic E-state index is 12.3. The molecule has 0 aliphatic heterocycles. The molecule has 0 bridgehead atoms. The van der Waals surface area contributed by atoms with E-state index in [-0.39, 0.29) is 17.1 Å². The van der Waals surface area contributed by atoms with Crippen LogP contribution in [0.5, 0.6) is 0 Å². The highest BCUT2D eigenvalue weighted by molar-refractivity contribution is 7.90. The minimum absolute atomic E-state index is 0.0129. The normalized spacial score (nSPS) is 11.1. The molecule has 0 atom stereocenters. The molecule has 0 fully saturated rings. The molecule has 1 heterocycles. The number of rotatable bonds is 5. The number of nitrogens with one attached hydrogen (secondary N) is 2. The van der Waals surface area contributed by atoms with Gasteiger partial charge in [-0.3, -0.25) is 4.79 Å². The van der Waals surface area contributed by atoms with E-state index in [1.807, 2.05) is 4.72 Å². The molecule has 1 aromatic heterocycles. The highest BCUT2D eigenvalue weighted by Crippen LogP contribution is 2.33. The molecule has 1 amide bonds. The zero-order chi connectivity index (χ0) is 17.0. The van der Waals surface area contributed by atoms with Crippen molar-refractivity contribution in [3.05, 3.63) is 46.6 Å². The third-order valence-electron chi connectivity index (χ3n) is 2.84. The summed E-state index contributed by atoms with van der Waals surface area (Å²) in [4.78, 5) is 15.2. The molecular weight excluding hydrogens is 361 g/mol. The summed E-state index contributed by atoms with van der Waals surface area (Å²) in [6, 6.07) is 7.64. The number of para-hydroxylation sites is 1. The molecular formula is C14H13Cl2N3O3S. The first kappa shape index (κ1) is 17.5. The molecule has 6 nitrogen and oxygen atoms in total. The standard InChI is InChI=1S/C14H13Cl2N3O3S/c1-2-12(20)19-23(21,22)11-7-4-8-17-14(11)18-13-9(15)5-3-6-10(13)16/h3-8H,2H2,1H3,(H,17,18)(H,19,20). The molecule has 23 heavy (non-hydrogen) atoms. The van der Waals surface area contributed by atoms with Gasteiger partial charge in [0.2, 0.25) is 5.91 Å². The quantitative estimate of drug-likeness (QED) is 0.838. The fourth-order valence-electron chi connectivity index (χ4n) is 1.71. The first-order chi connectivity index (χ1) is 10.8. The minimum atomic E-state index is -4.06. The summed E-state index contributed by atoms with van der Waals surface area (Å²) < 4.78 is 26.6. The van der Waals surface area contributed by atoms with Crippen LogP contribution >= 0.6 is 23.2 Å². The summed E-state index contributed by atoms with van der Waals surface area (Å²) in [7, 11) is -4.06. The Morgan fingerprint density at radius 2 is 1.83 bits per heavy atom. The number of hydrogen-bond acceptors (Lipinski definition) is 5. The average molecular weight is 374 g/mol. The molecule has 0 spiro atoms. The van der Waals surface area contributed by atoms with Crippen LogP contribution in [0.3, 0.4) is 0 Å². The van der Waals surface area contributed by atoms with Crippen molar-refractivity contribution in [1.82, 2.24) is 9.71 Å². The molecule has 122 valence electrons. The van der Waals surface area contributed by atoms with E-state index < -0.39 is 15.9 Å². The van der Waals surface area contributed by atoms with Crippen molar-refractivity contribution in [2.75, 3.05) is 5.32 Å². The predicted molar refractivity (Wildman–Crippen MR) is 89.6 cm³/mol. The molecule has 1 aromatic carbocycles. The average Bonchev–Trinajstić information content (AvgIpc) is 2.51. The summed E-state index contributed by atoms with van der Waals surface area (Å²) in [5.41, 5.74) is 0.327. The van der Waals surface area contributed by atoms with Gasteiger partial charge in [-0.1, -0.05) is 36.2 Å². The number of halogens is 2. The highest BCUT2D eigenvalue weighted by Gasteiger charge is 2.22. The van der Waals surface area contributed by atoms with Gasteiger partial charge >= 0.3 is 0 Å². The van der Waals surface area contributed by atoms with Crippen molar-refractivity contribution in [3.8, 4) is 0 Å². The first-order valence-corrected chi connectivity index (χ1v) is 8.80. The number of sulfonamides is 1. The molecule has 0 unspecified atom stereocenters. The number of amides is 1. The van der Waals surface area contributed by atoms with Crippen LogP contribution in [0.25, 0.3) is 0 Å². The zero-order valence-electron chi connectivity index (χ0n) is 12.0. The van der Waals surface area contributed by atoms with Crippen molar-refractivity contribution in [2.24, 2.45) is 0 Å². The van der Waals surface area contributed by atoms with Crippen molar-refractivity contribution in [3.63, 3.8) is 0 Å². The van der Waals surface area contributed by atoms with Gasteiger partial charge in [0, 0.05) is 12.6 Å². The Balaban J connectivity index is 2.44. The number of hydrogen-bond donors (Lipinski definition) is 2. The van der Waals surface area contributed by atoms with E-state index in [1.54, 1.807) is 25.1 Å². The largest absolute Gasteiger partial charge is 0.337 e. The minimum Gasteiger partial charge on any atom is -0.337 e.